The molecule has 1 aliphatic rings. The Labute approximate surface area is 128 Å². The Hall–Kier alpha value is -0.590. The SMILES string of the molecule is Cl.Cl.O=C(NCC1CNCC1O)c1ccncc1Cl. The van der Waals surface area contributed by atoms with E-state index in [1.165, 1.54) is 12.4 Å². The average molecular weight is 329 g/mol. The number of nitrogens with zero attached hydrogens (tertiary/aromatic N) is 1. The van der Waals surface area contributed by atoms with E-state index in [1.807, 2.05) is 0 Å². The molecule has 108 valence electrons. The van der Waals surface area contributed by atoms with Crippen LogP contribution in [0.2, 0.25) is 5.02 Å². The van der Waals surface area contributed by atoms with E-state index in [0.29, 0.717) is 30.2 Å². The van der Waals surface area contributed by atoms with Crippen LogP contribution in [-0.2, 0) is 0 Å². The van der Waals surface area contributed by atoms with Crippen LogP contribution in [0.1, 0.15) is 10.4 Å². The van der Waals surface area contributed by atoms with Crippen LogP contribution in [-0.4, -0.2) is 41.7 Å². The lowest BCUT2D eigenvalue weighted by molar-refractivity contribution is 0.0927. The molecule has 8 heteroatoms. The molecule has 0 radical (unpaired) electrons. The van der Waals surface area contributed by atoms with E-state index in [1.54, 1.807) is 6.07 Å². The van der Waals surface area contributed by atoms with E-state index in [0.717, 1.165) is 0 Å². The van der Waals surface area contributed by atoms with Crippen LogP contribution in [0.15, 0.2) is 18.5 Å². The number of aromatic nitrogens is 1. The van der Waals surface area contributed by atoms with Gasteiger partial charge in [0.25, 0.3) is 5.91 Å². The Morgan fingerprint density at radius 2 is 2.26 bits per heavy atom. The minimum atomic E-state index is -0.400. The number of hydrogen-bond acceptors (Lipinski definition) is 4. The molecule has 2 atom stereocenters. The number of hydrogen-bond donors (Lipinski definition) is 3. The molecule has 0 aromatic carbocycles. The zero-order valence-electron chi connectivity index (χ0n) is 10.0. The maximum absolute atomic E-state index is 11.8. The van der Waals surface area contributed by atoms with Gasteiger partial charge in [0.1, 0.15) is 0 Å². The third kappa shape index (κ3) is 4.78. The van der Waals surface area contributed by atoms with E-state index in [4.69, 9.17) is 11.6 Å². The number of rotatable bonds is 3. The summed E-state index contributed by atoms with van der Waals surface area (Å²) in [6, 6.07) is 1.57. The van der Waals surface area contributed by atoms with Gasteiger partial charge in [0, 0.05) is 37.9 Å². The van der Waals surface area contributed by atoms with Gasteiger partial charge in [-0.05, 0) is 6.07 Å². The van der Waals surface area contributed by atoms with Crippen molar-refractivity contribution < 1.29 is 9.90 Å². The summed E-state index contributed by atoms with van der Waals surface area (Å²) in [6.07, 6.45) is 2.55. The number of aliphatic hydroxyl groups excluding tert-OH is 1. The summed E-state index contributed by atoms with van der Waals surface area (Å²) >= 11 is 5.86. The molecule has 1 aromatic rings. The lowest BCUT2D eigenvalue weighted by Gasteiger charge is -2.14. The molecule has 3 N–H and O–H groups in total. The molecule has 0 saturated carbocycles. The molecule has 2 unspecified atom stereocenters. The third-order valence-electron chi connectivity index (χ3n) is 2.85. The number of amides is 1. The van der Waals surface area contributed by atoms with Crippen LogP contribution in [0, 0.1) is 5.92 Å². The highest BCUT2D eigenvalue weighted by Crippen LogP contribution is 2.13. The van der Waals surface area contributed by atoms with Crippen molar-refractivity contribution in [1.29, 1.82) is 0 Å². The monoisotopic (exact) mass is 327 g/mol. The first kappa shape index (κ1) is 18.4. The first-order valence-corrected chi connectivity index (χ1v) is 5.83. The van der Waals surface area contributed by atoms with Crippen LogP contribution in [0.25, 0.3) is 0 Å². The molecule has 1 fully saturated rings. The summed E-state index contributed by atoms with van der Waals surface area (Å²) in [5, 5.41) is 15.7. The molecule has 1 aliphatic heterocycles. The van der Waals surface area contributed by atoms with E-state index in [2.05, 4.69) is 15.6 Å². The Balaban J connectivity index is 0.00000162. The van der Waals surface area contributed by atoms with Gasteiger partial charge in [-0.1, -0.05) is 11.6 Å². The van der Waals surface area contributed by atoms with Crippen molar-refractivity contribution in [1.82, 2.24) is 15.6 Å². The van der Waals surface area contributed by atoms with Gasteiger partial charge in [0.15, 0.2) is 0 Å². The molecule has 5 nitrogen and oxygen atoms in total. The minimum absolute atomic E-state index is 0. The van der Waals surface area contributed by atoms with Crippen LogP contribution < -0.4 is 10.6 Å². The maximum atomic E-state index is 11.8. The zero-order valence-corrected chi connectivity index (χ0v) is 12.4. The molecule has 1 aromatic heterocycles. The summed E-state index contributed by atoms with van der Waals surface area (Å²) < 4.78 is 0. The highest BCUT2D eigenvalue weighted by atomic mass is 35.5. The Morgan fingerprint density at radius 3 is 2.84 bits per heavy atom. The Bertz CT molecular complexity index is 420. The van der Waals surface area contributed by atoms with Crippen molar-refractivity contribution in [2.75, 3.05) is 19.6 Å². The maximum Gasteiger partial charge on any atom is 0.252 e. The smallest absolute Gasteiger partial charge is 0.252 e. The average Bonchev–Trinajstić information content (AvgIpc) is 2.72. The van der Waals surface area contributed by atoms with Gasteiger partial charge < -0.3 is 15.7 Å². The van der Waals surface area contributed by atoms with Crippen LogP contribution in [0.5, 0.6) is 0 Å². The summed E-state index contributed by atoms with van der Waals surface area (Å²) in [7, 11) is 0. The number of carbonyl (C=O) groups excluding carboxylic acids is 1. The second-order valence-corrected chi connectivity index (χ2v) is 4.46. The molecule has 19 heavy (non-hydrogen) atoms. The van der Waals surface area contributed by atoms with Crippen molar-refractivity contribution in [2.24, 2.45) is 5.92 Å². The predicted molar refractivity (Wildman–Crippen MR) is 78.4 cm³/mol. The molecule has 2 rings (SSSR count). The number of halogens is 3. The van der Waals surface area contributed by atoms with Crippen LogP contribution in [0.4, 0.5) is 0 Å². The third-order valence-corrected chi connectivity index (χ3v) is 3.15. The molecule has 0 aliphatic carbocycles. The van der Waals surface area contributed by atoms with Gasteiger partial charge in [0.05, 0.1) is 16.7 Å². The first-order valence-electron chi connectivity index (χ1n) is 5.45. The van der Waals surface area contributed by atoms with E-state index < -0.39 is 6.10 Å². The van der Waals surface area contributed by atoms with Crippen molar-refractivity contribution >= 4 is 42.3 Å². The van der Waals surface area contributed by atoms with Crippen LogP contribution in [0.3, 0.4) is 0 Å². The minimum Gasteiger partial charge on any atom is -0.391 e. The Morgan fingerprint density at radius 1 is 1.53 bits per heavy atom. The molecule has 2 heterocycles. The quantitative estimate of drug-likeness (QED) is 0.770. The van der Waals surface area contributed by atoms with Crippen LogP contribution >= 0.6 is 36.4 Å². The van der Waals surface area contributed by atoms with E-state index in [9.17, 15) is 9.90 Å². The second-order valence-electron chi connectivity index (χ2n) is 4.05. The predicted octanol–water partition coefficient (Wildman–Crippen LogP) is 0.889. The van der Waals surface area contributed by atoms with Crippen molar-refractivity contribution in [3.8, 4) is 0 Å². The molecule has 0 spiro atoms. The lowest BCUT2D eigenvalue weighted by atomic mass is 10.1. The number of aliphatic hydroxyl groups is 1. The summed E-state index contributed by atoms with van der Waals surface area (Å²) in [5.74, 6) is -0.184. The lowest BCUT2D eigenvalue weighted by Crippen LogP contribution is -2.34. The van der Waals surface area contributed by atoms with Gasteiger partial charge >= 0.3 is 0 Å². The second kappa shape index (κ2) is 8.55. The van der Waals surface area contributed by atoms with Crippen molar-refractivity contribution in [3.63, 3.8) is 0 Å². The topological polar surface area (TPSA) is 74.2 Å². The highest BCUT2D eigenvalue weighted by molar-refractivity contribution is 6.33. The fraction of sp³-hybridized carbons (Fsp3) is 0.455. The van der Waals surface area contributed by atoms with Gasteiger partial charge in [-0.15, -0.1) is 24.8 Å². The van der Waals surface area contributed by atoms with Crippen molar-refractivity contribution in [3.05, 3.63) is 29.0 Å². The van der Waals surface area contributed by atoms with Gasteiger partial charge in [-0.3, -0.25) is 9.78 Å². The number of pyridine rings is 1. The largest absolute Gasteiger partial charge is 0.391 e. The normalized spacial score (nSPS) is 21.2. The van der Waals surface area contributed by atoms with Gasteiger partial charge in [0.2, 0.25) is 0 Å². The number of carbonyl (C=O) groups is 1. The molecular formula is C11H16Cl3N3O2. The molecule has 0 bridgehead atoms. The molecular weight excluding hydrogens is 312 g/mol. The first-order chi connectivity index (χ1) is 8.18. The molecule has 1 saturated heterocycles. The highest BCUT2D eigenvalue weighted by Gasteiger charge is 2.25. The molecule has 1 amide bonds. The fourth-order valence-electron chi connectivity index (χ4n) is 1.81. The van der Waals surface area contributed by atoms with E-state index in [-0.39, 0.29) is 36.6 Å². The van der Waals surface area contributed by atoms with Crippen molar-refractivity contribution in [2.45, 2.75) is 6.10 Å². The standard InChI is InChI=1S/C11H14ClN3O2.2ClH/c12-9-5-13-2-1-8(9)11(17)15-4-7-3-14-6-10(7)16;;/h1-2,5,7,10,14,16H,3-4,6H2,(H,15,17);2*1H. The summed E-state index contributed by atoms with van der Waals surface area (Å²) in [4.78, 5) is 15.6. The summed E-state index contributed by atoms with van der Waals surface area (Å²) in [6.45, 7) is 1.73. The van der Waals surface area contributed by atoms with E-state index >= 15 is 0 Å². The Kier molecular flexibility index (Phi) is 8.29. The number of nitrogens with one attached hydrogen (secondary N) is 2. The summed E-state index contributed by atoms with van der Waals surface area (Å²) in [5.41, 5.74) is 0.405. The van der Waals surface area contributed by atoms with Gasteiger partial charge in [-0.2, -0.15) is 0 Å². The number of β-amino-alcohol motifs (C(OH)–C–C–N with tert-alkyl or cyclic N) is 1. The zero-order chi connectivity index (χ0) is 12.3. The van der Waals surface area contributed by atoms with Gasteiger partial charge in [-0.25, -0.2) is 0 Å². The fourth-order valence-corrected chi connectivity index (χ4v) is 2.01.